The maximum absolute atomic E-state index is 12.6. The zero-order valence-corrected chi connectivity index (χ0v) is 33.5. The van der Waals surface area contributed by atoms with E-state index in [1.54, 1.807) is 6.21 Å². The lowest BCUT2D eigenvalue weighted by Crippen LogP contribution is -2.24. The fourth-order valence-corrected chi connectivity index (χ4v) is 5.89. The average Bonchev–Trinajstić information content (AvgIpc) is 3.63. The van der Waals surface area contributed by atoms with E-state index in [1.165, 1.54) is 109 Å². The van der Waals surface area contributed by atoms with Crippen LogP contribution in [0.3, 0.4) is 0 Å². The van der Waals surface area contributed by atoms with E-state index < -0.39 is 14.4 Å². The minimum absolute atomic E-state index is 0.0900. The number of rotatable bonds is 35. The molecule has 302 valence electrons. The van der Waals surface area contributed by atoms with Crippen molar-refractivity contribution in [2.24, 2.45) is 5.10 Å². The van der Waals surface area contributed by atoms with Crippen molar-refractivity contribution in [2.75, 3.05) is 39.6 Å². The Balaban J connectivity index is 1.79. The second-order valence-electron chi connectivity index (χ2n) is 13.4. The Bertz CT molecular complexity index is 1210. The highest BCUT2D eigenvalue weighted by molar-refractivity contribution is 7.32. The van der Waals surface area contributed by atoms with Crippen molar-refractivity contribution in [3.8, 4) is 11.5 Å². The zero-order valence-electron chi connectivity index (χ0n) is 32.5. The molecule has 0 aliphatic carbocycles. The number of amides is 1. The number of carbonyl (C=O) groups is 1. The molecule has 0 aliphatic heterocycles. The van der Waals surface area contributed by atoms with E-state index in [4.69, 9.17) is 18.9 Å². The molecule has 12 nitrogen and oxygen atoms in total. The van der Waals surface area contributed by atoms with Crippen molar-refractivity contribution < 1.29 is 37.0 Å². The van der Waals surface area contributed by atoms with Crippen molar-refractivity contribution in [3.05, 3.63) is 35.7 Å². The van der Waals surface area contributed by atoms with Crippen LogP contribution in [-0.4, -0.2) is 66.9 Å². The number of benzene rings is 1. The molecular formula is C39H67FN5O7P. The molecule has 1 heterocycles. The zero-order chi connectivity index (χ0) is 38.0. The Morgan fingerprint density at radius 1 is 0.717 bits per heavy atom. The number of aromatic nitrogens is 3. The van der Waals surface area contributed by atoms with Crippen LogP contribution in [0.2, 0.25) is 0 Å². The van der Waals surface area contributed by atoms with Crippen LogP contribution in [0.5, 0.6) is 11.5 Å². The van der Waals surface area contributed by atoms with Crippen molar-refractivity contribution in [3.63, 3.8) is 0 Å². The SMILES string of the molecule is CCCCCCCCCCCCOc1cc(/C=N/NC(=O)n2cc(COCCOCCO[PH](=O)F)nn2)cc(OCCCCCCCCCCCC)c1. The van der Waals surface area contributed by atoms with E-state index in [-0.39, 0.29) is 33.0 Å². The first kappa shape index (κ1) is 46.3. The molecule has 0 saturated heterocycles. The van der Waals surface area contributed by atoms with Gasteiger partial charge in [0, 0.05) is 11.6 Å². The lowest BCUT2D eigenvalue weighted by molar-refractivity contribution is 0.0296. The maximum Gasteiger partial charge on any atom is 0.363 e. The second-order valence-corrected chi connectivity index (χ2v) is 14.1. The quantitative estimate of drug-likeness (QED) is 0.0315. The molecule has 0 fully saturated rings. The molecule has 0 saturated carbocycles. The number of carbonyl (C=O) groups excluding carboxylic acids is 1. The number of hydrogen-bond donors (Lipinski definition) is 1. The van der Waals surface area contributed by atoms with Crippen molar-refractivity contribution in [2.45, 2.75) is 149 Å². The molecule has 1 atom stereocenters. The van der Waals surface area contributed by atoms with Gasteiger partial charge in [0.05, 0.1) is 58.7 Å². The fourth-order valence-electron chi connectivity index (χ4n) is 5.65. The van der Waals surface area contributed by atoms with Gasteiger partial charge in [0.25, 0.3) is 0 Å². The molecule has 0 aliphatic rings. The third kappa shape index (κ3) is 25.7. The molecule has 1 unspecified atom stereocenters. The number of hydrazone groups is 1. The van der Waals surface area contributed by atoms with Crippen LogP contribution in [-0.2, 0) is 25.2 Å². The molecular weight excluding hydrogens is 700 g/mol. The third-order valence-electron chi connectivity index (χ3n) is 8.62. The Morgan fingerprint density at radius 2 is 1.21 bits per heavy atom. The normalized spacial score (nSPS) is 12.1. The van der Waals surface area contributed by atoms with Crippen LogP contribution in [0.15, 0.2) is 29.5 Å². The van der Waals surface area contributed by atoms with E-state index in [1.807, 2.05) is 18.2 Å². The molecule has 0 spiro atoms. The number of halogens is 1. The largest absolute Gasteiger partial charge is 0.493 e. The number of unbranched alkanes of at least 4 members (excludes halogenated alkanes) is 18. The van der Waals surface area contributed by atoms with Crippen LogP contribution in [0, 0.1) is 0 Å². The third-order valence-corrected chi connectivity index (χ3v) is 9.05. The molecule has 2 aromatic rings. The molecule has 1 aromatic carbocycles. The van der Waals surface area contributed by atoms with Crippen LogP contribution in [0.1, 0.15) is 154 Å². The van der Waals surface area contributed by atoms with Gasteiger partial charge in [0.1, 0.15) is 17.2 Å². The van der Waals surface area contributed by atoms with Crippen molar-refractivity contribution >= 4 is 20.6 Å². The fraction of sp³-hybridized carbons (Fsp3) is 0.744. The lowest BCUT2D eigenvalue weighted by Gasteiger charge is -2.11. The Hall–Kier alpha value is -2.86. The Morgan fingerprint density at radius 3 is 1.74 bits per heavy atom. The average molecular weight is 768 g/mol. The first-order valence-corrected chi connectivity index (χ1v) is 21.3. The molecule has 14 heteroatoms. The summed E-state index contributed by atoms with van der Waals surface area (Å²) >= 11 is 0. The van der Waals surface area contributed by atoms with Gasteiger partial charge in [-0.15, -0.1) is 5.10 Å². The van der Waals surface area contributed by atoms with E-state index in [9.17, 15) is 13.6 Å². The van der Waals surface area contributed by atoms with Gasteiger partial charge >= 0.3 is 14.4 Å². The van der Waals surface area contributed by atoms with Gasteiger partial charge < -0.3 is 23.5 Å². The first-order chi connectivity index (χ1) is 26.0. The highest BCUT2D eigenvalue weighted by Crippen LogP contribution is 2.24. The highest BCUT2D eigenvalue weighted by Gasteiger charge is 2.09. The molecule has 1 amide bonds. The van der Waals surface area contributed by atoms with Gasteiger partial charge in [-0.1, -0.05) is 135 Å². The molecule has 53 heavy (non-hydrogen) atoms. The van der Waals surface area contributed by atoms with E-state index >= 15 is 0 Å². The highest BCUT2D eigenvalue weighted by atomic mass is 31.2. The monoisotopic (exact) mass is 767 g/mol. The van der Waals surface area contributed by atoms with E-state index in [0.717, 1.165) is 35.9 Å². The predicted molar refractivity (Wildman–Crippen MR) is 209 cm³/mol. The minimum Gasteiger partial charge on any atom is -0.493 e. The summed E-state index contributed by atoms with van der Waals surface area (Å²) in [5.41, 5.74) is 3.66. The van der Waals surface area contributed by atoms with Gasteiger partial charge in [-0.05, 0) is 25.0 Å². The standard InChI is InChI=1S/C39H67FN5O7P/c1-3-5-7-9-11-13-15-17-19-21-23-50-37-29-35(30-38(31-37)51-24-22-20-18-16-14-12-10-8-6-4-2)32-41-43-39(46)45-33-36(42-44-45)34-49-26-25-48-27-28-52-53(40)47/h29-33,53H,3-28,34H2,1-2H3,(H,43,46)/b41-32+. The first-order valence-electron chi connectivity index (χ1n) is 20.1. The van der Waals surface area contributed by atoms with E-state index in [0.29, 0.717) is 30.4 Å². The summed E-state index contributed by atoms with van der Waals surface area (Å²) < 4.78 is 50.7. The summed E-state index contributed by atoms with van der Waals surface area (Å²) in [6.07, 6.45) is 28.4. The summed E-state index contributed by atoms with van der Waals surface area (Å²) in [6.45, 7) is 6.38. The van der Waals surface area contributed by atoms with Crippen molar-refractivity contribution in [1.82, 2.24) is 20.4 Å². The lowest BCUT2D eigenvalue weighted by atomic mass is 10.1. The van der Waals surface area contributed by atoms with Crippen LogP contribution in [0.4, 0.5) is 8.99 Å². The topological polar surface area (TPSA) is 135 Å². The minimum atomic E-state index is -3.44. The molecule has 2 rings (SSSR count). The summed E-state index contributed by atoms with van der Waals surface area (Å²) in [6, 6.07) is 5.13. The van der Waals surface area contributed by atoms with Crippen LogP contribution >= 0.6 is 8.34 Å². The maximum atomic E-state index is 12.6. The summed E-state index contributed by atoms with van der Waals surface area (Å²) in [7, 11) is -3.44. The number of nitrogens with one attached hydrogen (secondary N) is 1. The molecule has 0 radical (unpaired) electrons. The van der Waals surface area contributed by atoms with Gasteiger partial charge in [0.2, 0.25) is 0 Å². The smallest absolute Gasteiger partial charge is 0.363 e. The van der Waals surface area contributed by atoms with Gasteiger partial charge in [-0.3, -0.25) is 4.57 Å². The molecule has 1 N–H and O–H groups in total. The Kier molecular flexibility index (Phi) is 28.4. The van der Waals surface area contributed by atoms with Crippen molar-refractivity contribution in [1.29, 1.82) is 0 Å². The number of hydrogen-bond acceptors (Lipinski definition) is 10. The molecule has 0 bridgehead atoms. The predicted octanol–water partition coefficient (Wildman–Crippen LogP) is 10.4. The summed E-state index contributed by atoms with van der Waals surface area (Å²) in [4.78, 5) is 12.6. The Labute approximate surface area is 318 Å². The number of nitrogens with zero attached hydrogens (tertiary/aromatic N) is 4. The second kappa shape index (κ2) is 32.6. The van der Waals surface area contributed by atoms with Crippen LogP contribution < -0.4 is 14.9 Å². The van der Waals surface area contributed by atoms with Gasteiger partial charge in [-0.2, -0.15) is 14.0 Å². The molecule has 1 aromatic heterocycles. The summed E-state index contributed by atoms with van der Waals surface area (Å²) in [5, 5.41) is 11.9. The summed E-state index contributed by atoms with van der Waals surface area (Å²) in [5.74, 6) is 1.43. The van der Waals surface area contributed by atoms with Crippen LogP contribution in [0.25, 0.3) is 0 Å². The van der Waals surface area contributed by atoms with Gasteiger partial charge in [-0.25, -0.2) is 10.2 Å². The number of ether oxygens (including phenoxy) is 4. The van der Waals surface area contributed by atoms with E-state index in [2.05, 4.69) is 39.2 Å². The van der Waals surface area contributed by atoms with Gasteiger partial charge in [0.15, 0.2) is 0 Å².